The van der Waals surface area contributed by atoms with Gasteiger partial charge < -0.3 is 15.8 Å². The Kier molecular flexibility index (Phi) is 3.20. The molecule has 6 heteroatoms. The standard InChI is InChI=1S/C12H15N3O3/c1-2-18-9-5-3-8(4-6-9)12(7-13)10(16)14-11(17)15-12/h3-6H,2,7,13H2,1H3,(H2,14,15,16,17). The van der Waals surface area contributed by atoms with Gasteiger partial charge in [0.05, 0.1) is 6.61 Å². The van der Waals surface area contributed by atoms with E-state index in [1.807, 2.05) is 6.92 Å². The lowest BCUT2D eigenvalue weighted by Gasteiger charge is -2.24. The van der Waals surface area contributed by atoms with E-state index in [4.69, 9.17) is 10.5 Å². The van der Waals surface area contributed by atoms with Gasteiger partial charge in [0, 0.05) is 6.54 Å². The molecule has 4 N–H and O–H groups in total. The first-order valence-corrected chi connectivity index (χ1v) is 5.69. The molecule has 0 spiro atoms. The molecule has 1 heterocycles. The lowest BCUT2D eigenvalue weighted by Crippen LogP contribution is -2.49. The molecule has 1 saturated heterocycles. The Morgan fingerprint density at radius 3 is 2.39 bits per heavy atom. The van der Waals surface area contributed by atoms with Crippen molar-refractivity contribution in [1.29, 1.82) is 0 Å². The lowest BCUT2D eigenvalue weighted by molar-refractivity contribution is -0.123. The Labute approximate surface area is 104 Å². The Balaban J connectivity index is 2.33. The van der Waals surface area contributed by atoms with Crippen molar-refractivity contribution in [2.45, 2.75) is 12.5 Å². The van der Waals surface area contributed by atoms with Crippen molar-refractivity contribution in [2.24, 2.45) is 5.73 Å². The van der Waals surface area contributed by atoms with Crippen LogP contribution >= 0.6 is 0 Å². The molecule has 1 unspecified atom stereocenters. The summed E-state index contributed by atoms with van der Waals surface area (Å²) in [4.78, 5) is 23.1. The van der Waals surface area contributed by atoms with Gasteiger partial charge in [0.1, 0.15) is 5.75 Å². The van der Waals surface area contributed by atoms with Crippen LogP contribution in [0, 0.1) is 0 Å². The molecule has 96 valence electrons. The van der Waals surface area contributed by atoms with Gasteiger partial charge in [-0.1, -0.05) is 12.1 Å². The van der Waals surface area contributed by atoms with Gasteiger partial charge in [-0.15, -0.1) is 0 Å². The highest BCUT2D eigenvalue weighted by atomic mass is 16.5. The zero-order valence-corrected chi connectivity index (χ0v) is 10.0. The highest BCUT2D eigenvalue weighted by molar-refractivity contribution is 6.07. The smallest absolute Gasteiger partial charge is 0.322 e. The van der Waals surface area contributed by atoms with Gasteiger partial charge in [-0.3, -0.25) is 10.1 Å². The first-order chi connectivity index (χ1) is 8.62. The van der Waals surface area contributed by atoms with Crippen molar-refractivity contribution in [1.82, 2.24) is 10.6 Å². The molecule has 6 nitrogen and oxygen atoms in total. The summed E-state index contributed by atoms with van der Waals surface area (Å²) in [6.45, 7) is 2.46. The van der Waals surface area contributed by atoms with Crippen LogP contribution in [0.2, 0.25) is 0 Å². The molecular weight excluding hydrogens is 234 g/mol. The van der Waals surface area contributed by atoms with Crippen LogP contribution in [-0.4, -0.2) is 25.1 Å². The van der Waals surface area contributed by atoms with Gasteiger partial charge in [-0.05, 0) is 24.6 Å². The minimum atomic E-state index is -1.18. The predicted molar refractivity (Wildman–Crippen MR) is 65.0 cm³/mol. The number of amides is 3. The van der Waals surface area contributed by atoms with Crippen LogP contribution in [0.15, 0.2) is 24.3 Å². The molecule has 0 radical (unpaired) electrons. The Morgan fingerprint density at radius 1 is 1.28 bits per heavy atom. The highest BCUT2D eigenvalue weighted by Crippen LogP contribution is 2.25. The molecule has 0 saturated carbocycles. The average molecular weight is 249 g/mol. The monoisotopic (exact) mass is 249 g/mol. The van der Waals surface area contributed by atoms with Crippen molar-refractivity contribution in [2.75, 3.05) is 13.2 Å². The summed E-state index contributed by atoms with van der Waals surface area (Å²) in [7, 11) is 0. The largest absolute Gasteiger partial charge is 0.494 e. The van der Waals surface area contributed by atoms with Crippen LogP contribution in [0.3, 0.4) is 0 Å². The highest BCUT2D eigenvalue weighted by Gasteiger charge is 2.46. The van der Waals surface area contributed by atoms with E-state index < -0.39 is 17.5 Å². The summed E-state index contributed by atoms with van der Waals surface area (Å²) < 4.78 is 5.32. The van der Waals surface area contributed by atoms with E-state index >= 15 is 0 Å². The molecule has 1 aliphatic heterocycles. The van der Waals surface area contributed by atoms with Crippen molar-refractivity contribution < 1.29 is 14.3 Å². The van der Waals surface area contributed by atoms with Gasteiger partial charge in [-0.2, -0.15) is 0 Å². The van der Waals surface area contributed by atoms with Crippen LogP contribution in [0.4, 0.5) is 4.79 Å². The molecule has 1 aromatic carbocycles. The molecule has 0 aliphatic carbocycles. The third-order valence-corrected chi connectivity index (χ3v) is 2.91. The molecule has 3 amide bonds. The van der Waals surface area contributed by atoms with E-state index in [1.54, 1.807) is 24.3 Å². The number of carbonyl (C=O) groups excluding carboxylic acids is 2. The second-order valence-electron chi connectivity index (χ2n) is 3.98. The van der Waals surface area contributed by atoms with Gasteiger partial charge in [-0.25, -0.2) is 4.79 Å². The molecule has 1 atom stereocenters. The zero-order chi connectivity index (χ0) is 13.2. The first kappa shape index (κ1) is 12.4. The fraction of sp³-hybridized carbons (Fsp3) is 0.333. The minimum Gasteiger partial charge on any atom is -0.494 e. The molecule has 1 aliphatic rings. The summed E-state index contributed by atoms with van der Waals surface area (Å²) in [6, 6.07) is 6.41. The third kappa shape index (κ3) is 1.91. The topological polar surface area (TPSA) is 93.4 Å². The normalized spacial score (nSPS) is 22.6. The third-order valence-electron chi connectivity index (χ3n) is 2.91. The maximum Gasteiger partial charge on any atom is 0.322 e. The van der Waals surface area contributed by atoms with E-state index in [1.165, 1.54) is 0 Å². The van der Waals surface area contributed by atoms with E-state index in [9.17, 15) is 9.59 Å². The number of hydrogen-bond donors (Lipinski definition) is 3. The number of benzene rings is 1. The number of rotatable bonds is 4. The molecule has 2 rings (SSSR count). The van der Waals surface area contributed by atoms with Crippen molar-refractivity contribution >= 4 is 11.9 Å². The van der Waals surface area contributed by atoms with Crippen LogP contribution in [-0.2, 0) is 10.3 Å². The second kappa shape index (κ2) is 4.66. The summed E-state index contributed by atoms with van der Waals surface area (Å²) in [5.74, 6) is 0.275. The van der Waals surface area contributed by atoms with E-state index in [0.717, 1.165) is 0 Å². The fourth-order valence-electron chi connectivity index (χ4n) is 1.96. The van der Waals surface area contributed by atoms with Crippen molar-refractivity contribution in [3.8, 4) is 5.75 Å². The van der Waals surface area contributed by atoms with Crippen LogP contribution in [0.1, 0.15) is 12.5 Å². The van der Waals surface area contributed by atoms with Gasteiger partial charge in [0.25, 0.3) is 5.91 Å². The predicted octanol–water partition coefficient (Wildman–Crippen LogP) is 0.0787. The number of carbonyl (C=O) groups is 2. The number of hydrogen-bond acceptors (Lipinski definition) is 4. The number of urea groups is 1. The van der Waals surface area contributed by atoms with Crippen LogP contribution in [0.5, 0.6) is 5.75 Å². The first-order valence-electron chi connectivity index (χ1n) is 5.69. The van der Waals surface area contributed by atoms with E-state index in [2.05, 4.69) is 10.6 Å². The summed E-state index contributed by atoms with van der Waals surface area (Å²) in [6.07, 6.45) is 0. The van der Waals surface area contributed by atoms with E-state index in [-0.39, 0.29) is 6.54 Å². The van der Waals surface area contributed by atoms with Gasteiger partial charge in [0.15, 0.2) is 5.54 Å². The zero-order valence-electron chi connectivity index (χ0n) is 10.0. The average Bonchev–Trinajstić information content (AvgIpc) is 2.66. The number of nitrogens with two attached hydrogens (primary N) is 1. The summed E-state index contributed by atoms with van der Waals surface area (Å²) in [5.41, 5.74) is 5.10. The lowest BCUT2D eigenvalue weighted by atomic mass is 9.90. The maximum absolute atomic E-state index is 11.8. The Bertz CT molecular complexity index is 472. The summed E-state index contributed by atoms with van der Waals surface area (Å²) in [5, 5.41) is 4.77. The minimum absolute atomic E-state index is 0.00143. The van der Waals surface area contributed by atoms with Crippen molar-refractivity contribution in [3.63, 3.8) is 0 Å². The number of imide groups is 1. The summed E-state index contributed by atoms with van der Waals surface area (Å²) >= 11 is 0. The fourth-order valence-corrected chi connectivity index (χ4v) is 1.96. The molecule has 18 heavy (non-hydrogen) atoms. The van der Waals surface area contributed by atoms with Gasteiger partial charge in [0.2, 0.25) is 0 Å². The number of nitrogens with one attached hydrogen (secondary N) is 2. The van der Waals surface area contributed by atoms with E-state index in [0.29, 0.717) is 17.9 Å². The Hall–Kier alpha value is -2.08. The molecule has 1 fully saturated rings. The number of ether oxygens (including phenoxy) is 1. The maximum atomic E-state index is 11.8. The van der Waals surface area contributed by atoms with Gasteiger partial charge >= 0.3 is 6.03 Å². The molecule has 1 aromatic rings. The van der Waals surface area contributed by atoms with Crippen LogP contribution < -0.4 is 21.1 Å². The Morgan fingerprint density at radius 2 is 1.94 bits per heavy atom. The SMILES string of the molecule is CCOc1ccc(C2(CN)NC(=O)NC2=O)cc1. The molecule has 0 aromatic heterocycles. The molecular formula is C12H15N3O3. The second-order valence-corrected chi connectivity index (χ2v) is 3.98. The quantitative estimate of drug-likeness (QED) is 0.659. The van der Waals surface area contributed by atoms with Crippen molar-refractivity contribution in [3.05, 3.63) is 29.8 Å². The molecule has 0 bridgehead atoms. The van der Waals surface area contributed by atoms with Crippen LogP contribution in [0.25, 0.3) is 0 Å².